The summed E-state index contributed by atoms with van der Waals surface area (Å²) in [5.41, 5.74) is 3.77. The number of nitrogens with two attached hydrogens (primary N) is 1. The third kappa shape index (κ3) is 3.89. The Morgan fingerprint density at radius 2 is 2.37 bits per heavy atom. The molecule has 1 unspecified atom stereocenters. The van der Waals surface area contributed by atoms with Crippen molar-refractivity contribution in [2.24, 2.45) is 5.84 Å². The maximum atomic E-state index is 5.31. The van der Waals surface area contributed by atoms with Crippen LogP contribution in [0.15, 0.2) is 18.3 Å². The maximum Gasteiger partial charge on any atom is 0.139 e. The quantitative estimate of drug-likeness (QED) is 0.598. The molecule has 0 bridgehead atoms. The molecule has 2 rings (SSSR count). The van der Waals surface area contributed by atoms with Crippen LogP contribution >= 0.6 is 0 Å². The van der Waals surface area contributed by atoms with E-state index in [0.29, 0.717) is 11.9 Å². The molecule has 1 fully saturated rings. The summed E-state index contributed by atoms with van der Waals surface area (Å²) in [4.78, 5) is 9.20. The number of nitrogens with zero attached hydrogens (tertiary/aromatic N) is 3. The van der Waals surface area contributed by atoms with Gasteiger partial charge in [0.05, 0.1) is 0 Å². The second-order valence-electron chi connectivity index (χ2n) is 5.32. The van der Waals surface area contributed by atoms with Crippen LogP contribution in [0.4, 0.5) is 5.82 Å². The Morgan fingerprint density at radius 3 is 3.00 bits per heavy atom. The van der Waals surface area contributed by atoms with Crippen LogP contribution in [0, 0.1) is 0 Å². The SMILES string of the molecule is CCN1CCCC1CN(C)Cc1ccc(NN)nc1. The number of nitrogen functional groups attached to an aromatic ring is 1. The third-order valence-electron chi connectivity index (χ3n) is 3.85. The molecule has 1 atom stereocenters. The molecule has 0 spiro atoms. The summed E-state index contributed by atoms with van der Waals surface area (Å²) < 4.78 is 0. The highest BCUT2D eigenvalue weighted by Crippen LogP contribution is 2.18. The number of anilines is 1. The summed E-state index contributed by atoms with van der Waals surface area (Å²) in [6.45, 7) is 6.74. The first-order valence-corrected chi connectivity index (χ1v) is 7.07. The number of pyridine rings is 1. The molecule has 0 saturated carbocycles. The summed E-state index contributed by atoms with van der Waals surface area (Å²) in [5.74, 6) is 6.02. The highest BCUT2D eigenvalue weighted by Gasteiger charge is 2.23. The highest BCUT2D eigenvalue weighted by atomic mass is 15.2. The lowest BCUT2D eigenvalue weighted by molar-refractivity contribution is 0.194. The number of hydrogen-bond donors (Lipinski definition) is 2. The minimum atomic E-state index is 0.708. The van der Waals surface area contributed by atoms with E-state index in [2.05, 4.69) is 40.2 Å². The van der Waals surface area contributed by atoms with Gasteiger partial charge in [-0.1, -0.05) is 13.0 Å². The average molecular weight is 263 g/mol. The molecule has 1 aliphatic heterocycles. The number of hydrogen-bond acceptors (Lipinski definition) is 5. The summed E-state index contributed by atoms with van der Waals surface area (Å²) in [7, 11) is 2.18. The zero-order valence-electron chi connectivity index (χ0n) is 12.0. The number of hydrazine groups is 1. The molecular weight excluding hydrogens is 238 g/mol. The lowest BCUT2D eigenvalue weighted by Gasteiger charge is -2.27. The Labute approximate surface area is 115 Å². The van der Waals surface area contributed by atoms with Crippen LogP contribution in [0.5, 0.6) is 0 Å². The second kappa shape index (κ2) is 6.84. The Hall–Kier alpha value is -1.17. The van der Waals surface area contributed by atoms with E-state index in [-0.39, 0.29) is 0 Å². The van der Waals surface area contributed by atoms with Crippen LogP contribution in [0.2, 0.25) is 0 Å². The summed E-state index contributed by atoms with van der Waals surface area (Å²) in [6, 6.07) is 4.70. The molecule has 0 amide bonds. The van der Waals surface area contributed by atoms with Gasteiger partial charge in [0.15, 0.2) is 0 Å². The highest BCUT2D eigenvalue weighted by molar-refractivity contribution is 5.33. The Kier molecular flexibility index (Phi) is 5.13. The van der Waals surface area contributed by atoms with E-state index in [9.17, 15) is 0 Å². The molecule has 0 radical (unpaired) electrons. The summed E-state index contributed by atoms with van der Waals surface area (Å²) in [5, 5.41) is 0. The lowest BCUT2D eigenvalue weighted by Crippen LogP contribution is -2.38. The lowest BCUT2D eigenvalue weighted by atomic mass is 10.2. The van der Waals surface area contributed by atoms with Gasteiger partial charge in [-0.3, -0.25) is 4.90 Å². The molecule has 3 N–H and O–H groups in total. The molecule has 0 aliphatic carbocycles. The van der Waals surface area contributed by atoms with Crippen molar-refractivity contribution in [1.82, 2.24) is 14.8 Å². The van der Waals surface area contributed by atoms with Crippen molar-refractivity contribution in [2.45, 2.75) is 32.4 Å². The predicted octanol–water partition coefficient (Wildman–Crippen LogP) is 1.28. The molecule has 5 heteroatoms. The molecule has 1 aromatic heterocycles. The van der Waals surface area contributed by atoms with Gasteiger partial charge >= 0.3 is 0 Å². The second-order valence-corrected chi connectivity index (χ2v) is 5.32. The van der Waals surface area contributed by atoms with E-state index in [0.717, 1.165) is 19.6 Å². The van der Waals surface area contributed by atoms with E-state index in [4.69, 9.17) is 5.84 Å². The van der Waals surface area contributed by atoms with Crippen LogP contribution in [0.1, 0.15) is 25.3 Å². The molecule has 1 aliphatic rings. The molecule has 0 aromatic carbocycles. The fraction of sp³-hybridized carbons (Fsp3) is 0.643. The molecule has 2 heterocycles. The van der Waals surface area contributed by atoms with E-state index in [1.807, 2.05) is 12.3 Å². The minimum Gasteiger partial charge on any atom is -0.308 e. The number of rotatable bonds is 6. The first-order chi connectivity index (χ1) is 9.22. The first-order valence-electron chi connectivity index (χ1n) is 7.07. The monoisotopic (exact) mass is 263 g/mol. The normalized spacial score (nSPS) is 20.1. The van der Waals surface area contributed by atoms with Crippen LogP contribution in [0.25, 0.3) is 0 Å². The minimum absolute atomic E-state index is 0.708. The number of nitrogens with one attached hydrogen (secondary N) is 1. The van der Waals surface area contributed by atoms with Gasteiger partial charge in [0.2, 0.25) is 0 Å². The van der Waals surface area contributed by atoms with Gasteiger partial charge < -0.3 is 10.3 Å². The van der Waals surface area contributed by atoms with E-state index < -0.39 is 0 Å². The first kappa shape index (κ1) is 14.2. The van der Waals surface area contributed by atoms with Crippen LogP contribution < -0.4 is 11.3 Å². The van der Waals surface area contributed by atoms with Crippen molar-refractivity contribution in [3.05, 3.63) is 23.9 Å². The summed E-state index contributed by atoms with van der Waals surface area (Å²) in [6.07, 6.45) is 4.55. The number of aromatic nitrogens is 1. The molecule has 1 saturated heterocycles. The standard InChI is InChI=1S/C14H25N5/c1-3-19-8-4-5-13(19)11-18(2)10-12-6-7-14(17-15)16-9-12/h6-7,9,13H,3-5,8,10-11,15H2,1-2H3,(H,16,17). The zero-order chi connectivity index (χ0) is 13.7. The average Bonchev–Trinajstić information content (AvgIpc) is 2.86. The van der Waals surface area contributed by atoms with Gasteiger partial charge in [0.25, 0.3) is 0 Å². The Bertz CT molecular complexity index is 378. The van der Waals surface area contributed by atoms with Crippen molar-refractivity contribution in [3.8, 4) is 0 Å². The fourth-order valence-electron chi connectivity index (χ4n) is 2.86. The Balaban J connectivity index is 1.84. The van der Waals surface area contributed by atoms with Crippen molar-refractivity contribution >= 4 is 5.82 Å². The Morgan fingerprint density at radius 1 is 1.53 bits per heavy atom. The fourth-order valence-corrected chi connectivity index (χ4v) is 2.86. The van der Waals surface area contributed by atoms with Gasteiger partial charge in [0, 0.05) is 25.3 Å². The zero-order valence-corrected chi connectivity index (χ0v) is 12.0. The van der Waals surface area contributed by atoms with Gasteiger partial charge in [-0.15, -0.1) is 0 Å². The molecular formula is C14H25N5. The van der Waals surface area contributed by atoms with Crippen LogP contribution in [-0.4, -0.2) is 47.5 Å². The number of likely N-dealkylation sites (tertiary alicyclic amines) is 1. The molecule has 5 nitrogen and oxygen atoms in total. The van der Waals surface area contributed by atoms with E-state index >= 15 is 0 Å². The van der Waals surface area contributed by atoms with Gasteiger partial charge in [-0.2, -0.15) is 0 Å². The van der Waals surface area contributed by atoms with Gasteiger partial charge in [-0.25, -0.2) is 10.8 Å². The molecule has 1 aromatic rings. The van der Waals surface area contributed by atoms with Crippen LogP contribution in [-0.2, 0) is 6.54 Å². The molecule has 106 valence electrons. The summed E-state index contributed by atoms with van der Waals surface area (Å²) >= 11 is 0. The van der Waals surface area contributed by atoms with Gasteiger partial charge in [0.1, 0.15) is 5.82 Å². The smallest absolute Gasteiger partial charge is 0.139 e. The van der Waals surface area contributed by atoms with Crippen LogP contribution in [0.3, 0.4) is 0 Å². The third-order valence-corrected chi connectivity index (χ3v) is 3.85. The van der Waals surface area contributed by atoms with E-state index in [1.54, 1.807) is 0 Å². The molecule has 19 heavy (non-hydrogen) atoms. The van der Waals surface area contributed by atoms with Crippen molar-refractivity contribution in [1.29, 1.82) is 0 Å². The van der Waals surface area contributed by atoms with Crippen molar-refractivity contribution in [2.75, 3.05) is 32.1 Å². The largest absolute Gasteiger partial charge is 0.308 e. The van der Waals surface area contributed by atoms with Crippen molar-refractivity contribution in [3.63, 3.8) is 0 Å². The van der Waals surface area contributed by atoms with E-state index in [1.165, 1.54) is 24.9 Å². The maximum absolute atomic E-state index is 5.31. The van der Waals surface area contributed by atoms with Gasteiger partial charge in [-0.05, 0) is 44.6 Å². The number of likely N-dealkylation sites (N-methyl/N-ethyl adjacent to an activating group) is 2. The topological polar surface area (TPSA) is 57.4 Å². The predicted molar refractivity (Wildman–Crippen MR) is 78.7 cm³/mol. The van der Waals surface area contributed by atoms with Crippen molar-refractivity contribution < 1.29 is 0 Å².